The van der Waals surface area contributed by atoms with Crippen molar-refractivity contribution < 1.29 is 23.8 Å². The molecular formula is C26H29NO5S. The summed E-state index contributed by atoms with van der Waals surface area (Å²) in [5.41, 5.74) is 3.07. The van der Waals surface area contributed by atoms with Crippen LogP contribution >= 0.6 is 11.3 Å². The number of thiophene rings is 1. The van der Waals surface area contributed by atoms with Crippen LogP contribution < -0.4 is 14.8 Å². The molecule has 0 aliphatic rings. The van der Waals surface area contributed by atoms with Crippen molar-refractivity contribution in [2.75, 3.05) is 25.1 Å². The van der Waals surface area contributed by atoms with Gasteiger partial charge in [0.2, 0.25) is 5.91 Å². The van der Waals surface area contributed by atoms with Gasteiger partial charge in [0.05, 0.1) is 19.8 Å². The van der Waals surface area contributed by atoms with Crippen molar-refractivity contribution in [3.8, 4) is 22.6 Å². The van der Waals surface area contributed by atoms with Crippen LogP contribution in [0.2, 0.25) is 0 Å². The zero-order valence-electron chi connectivity index (χ0n) is 19.2. The monoisotopic (exact) mass is 467 g/mol. The number of carbonyl (C=O) groups is 2. The lowest BCUT2D eigenvalue weighted by molar-refractivity contribution is -0.116. The van der Waals surface area contributed by atoms with E-state index in [0.717, 1.165) is 28.2 Å². The number of aryl methyl sites for hydroxylation is 1. The fraction of sp³-hybridized carbons (Fsp3) is 0.308. The van der Waals surface area contributed by atoms with Gasteiger partial charge in [0, 0.05) is 17.4 Å². The predicted octanol–water partition coefficient (Wildman–Crippen LogP) is 6.10. The van der Waals surface area contributed by atoms with Crippen LogP contribution in [0.15, 0.2) is 53.9 Å². The molecule has 1 N–H and O–H groups in total. The van der Waals surface area contributed by atoms with Crippen molar-refractivity contribution in [1.82, 2.24) is 0 Å². The van der Waals surface area contributed by atoms with Gasteiger partial charge >= 0.3 is 5.97 Å². The largest absolute Gasteiger partial charge is 0.494 e. The SMILES string of the molecule is CCOC(=O)c1c(-c2ccc(OCC)cc2)csc1NC(=O)CCCOc1cccc(C)c1. The maximum atomic E-state index is 12.7. The van der Waals surface area contributed by atoms with E-state index in [1.54, 1.807) is 6.92 Å². The summed E-state index contributed by atoms with van der Waals surface area (Å²) < 4.78 is 16.5. The van der Waals surface area contributed by atoms with E-state index in [-0.39, 0.29) is 18.9 Å². The maximum absolute atomic E-state index is 12.7. The third-order valence-electron chi connectivity index (χ3n) is 4.81. The number of ether oxygens (including phenoxy) is 3. The molecule has 3 aromatic rings. The van der Waals surface area contributed by atoms with E-state index in [2.05, 4.69) is 5.32 Å². The first-order valence-corrected chi connectivity index (χ1v) is 11.9. The van der Waals surface area contributed by atoms with Crippen molar-refractivity contribution in [3.63, 3.8) is 0 Å². The van der Waals surface area contributed by atoms with Gasteiger partial charge in [0.25, 0.3) is 0 Å². The number of esters is 1. The van der Waals surface area contributed by atoms with E-state index in [1.165, 1.54) is 11.3 Å². The van der Waals surface area contributed by atoms with Gasteiger partial charge in [0.1, 0.15) is 22.1 Å². The summed E-state index contributed by atoms with van der Waals surface area (Å²) in [5, 5.41) is 5.23. The predicted molar refractivity (Wildman–Crippen MR) is 131 cm³/mol. The first kappa shape index (κ1) is 24.3. The van der Waals surface area contributed by atoms with E-state index in [9.17, 15) is 9.59 Å². The lowest BCUT2D eigenvalue weighted by atomic mass is 10.0. The molecule has 0 aliphatic carbocycles. The Labute approximate surface area is 198 Å². The molecule has 0 spiro atoms. The number of amides is 1. The van der Waals surface area contributed by atoms with Crippen LogP contribution in [0.4, 0.5) is 5.00 Å². The second-order valence-electron chi connectivity index (χ2n) is 7.35. The summed E-state index contributed by atoms with van der Waals surface area (Å²) in [4.78, 5) is 25.2. The van der Waals surface area contributed by atoms with E-state index >= 15 is 0 Å². The summed E-state index contributed by atoms with van der Waals surface area (Å²) in [6.45, 7) is 6.95. The van der Waals surface area contributed by atoms with Crippen LogP contribution in [0.5, 0.6) is 11.5 Å². The Hall–Kier alpha value is -3.32. The Balaban J connectivity index is 1.66. The molecule has 0 unspecified atom stereocenters. The van der Waals surface area contributed by atoms with Crippen LogP contribution in [0, 0.1) is 6.92 Å². The molecule has 2 aromatic carbocycles. The summed E-state index contributed by atoms with van der Waals surface area (Å²) >= 11 is 1.31. The number of benzene rings is 2. The van der Waals surface area contributed by atoms with Crippen molar-refractivity contribution in [3.05, 3.63) is 65.0 Å². The first-order valence-electron chi connectivity index (χ1n) is 11.0. The zero-order chi connectivity index (χ0) is 23.6. The fourth-order valence-electron chi connectivity index (χ4n) is 3.28. The van der Waals surface area contributed by atoms with Crippen molar-refractivity contribution in [2.24, 2.45) is 0 Å². The average Bonchev–Trinajstić information content (AvgIpc) is 3.21. The van der Waals surface area contributed by atoms with E-state index in [1.807, 2.05) is 67.8 Å². The number of hydrogen-bond donors (Lipinski definition) is 1. The van der Waals surface area contributed by atoms with Crippen LogP contribution in [0.25, 0.3) is 11.1 Å². The topological polar surface area (TPSA) is 73.9 Å². The van der Waals surface area contributed by atoms with Crippen LogP contribution in [0.1, 0.15) is 42.6 Å². The van der Waals surface area contributed by atoms with Crippen molar-refractivity contribution in [1.29, 1.82) is 0 Å². The molecule has 174 valence electrons. The molecule has 0 radical (unpaired) electrons. The highest BCUT2D eigenvalue weighted by Gasteiger charge is 2.22. The lowest BCUT2D eigenvalue weighted by Crippen LogP contribution is -2.15. The minimum atomic E-state index is -0.458. The Morgan fingerprint density at radius 3 is 2.45 bits per heavy atom. The molecule has 1 aromatic heterocycles. The van der Waals surface area contributed by atoms with Gasteiger partial charge in [-0.05, 0) is 62.6 Å². The van der Waals surface area contributed by atoms with Gasteiger partial charge in [-0.25, -0.2) is 4.79 Å². The Bertz CT molecular complexity index is 1070. The highest BCUT2D eigenvalue weighted by molar-refractivity contribution is 7.15. The van der Waals surface area contributed by atoms with Gasteiger partial charge in [0.15, 0.2) is 0 Å². The number of anilines is 1. The average molecular weight is 468 g/mol. The van der Waals surface area contributed by atoms with Crippen LogP contribution in [0.3, 0.4) is 0 Å². The van der Waals surface area contributed by atoms with Crippen molar-refractivity contribution >= 4 is 28.2 Å². The fourth-order valence-corrected chi connectivity index (χ4v) is 4.26. The number of hydrogen-bond acceptors (Lipinski definition) is 6. The molecule has 0 aliphatic heterocycles. The summed E-state index contributed by atoms with van der Waals surface area (Å²) in [7, 11) is 0. The molecular weight excluding hydrogens is 438 g/mol. The molecule has 0 bridgehead atoms. The Kier molecular flexibility index (Phi) is 8.89. The number of carbonyl (C=O) groups excluding carboxylic acids is 2. The lowest BCUT2D eigenvalue weighted by Gasteiger charge is -2.10. The smallest absolute Gasteiger partial charge is 0.341 e. The van der Waals surface area contributed by atoms with Gasteiger partial charge in [-0.1, -0.05) is 24.3 Å². The van der Waals surface area contributed by atoms with E-state index in [4.69, 9.17) is 14.2 Å². The van der Waals surface area contributed by atoms with Gasteiger partial charge in [-0.2, -0.15) is 0 Å². The molecule has 1 amide bonds. The van der Waals surface area contributed by atoms with Crippen LogP contribution in [-0.4, -0.2) is 31.7 Å². The van der Waals surface area contributed by atoms with Gasteiger partial charge < -0.3 is 19.5 Å². The molecule has 0 saturated heterocycles. The molecule has 3 rings (SSSR count). The maximum Gasteiger partial charge on any atom is 0.341 e. The summed E-state index contributed by atoms with van der Waals surface area (Å²) in [5.74, 6) is 0.919. The minimum absolute atomic E-state index is 0.173. The third kappa shape index (κ3) is 6.83. The second kappa shape index (κ2) is 12.1. The highest BCUT2D eigenvalue weighted by Crippen LogP contribution is 2.37. The van der Waals surface area contributed by atoms with Crippen molar-refractivity contribution in [2.45, 2.75) is 33.6 Å². The Morgan fingerprint density at radius 1 is 0.970 bits per heavy atom. The number of rotatable bonds is 11. The number of nitrogens with one attached hydrogen (secondary N) is 1. The normalized spacial score (nSPS) is 10.5. The van der Waals surface area contributed by atoms with Crippen LogP contribution in [-0.2, 0) is 9.53 Å². The zero-order valence-corrected chi connectivity index (χ0v) is 20.0. The second-order valence-corrected chi connectivity index (χ2v) is 8.23. The highest BCUT2D eigenvalue weighted by atomic mass is 32.1. The van der Waals surface area contributed by atoms with E-state index < -0.39 is 5.97 Å². The molecule has 0 atom stereocenters. The summed E-state index contributed by atoms with van der Waals surface area (Å²) in [6.07, 6.45) is 0.843. The minimum Gasteiger partial charge on any atom is -0.494 e. The molecule has 0 saturated carbocycles. The Morgan fingerprint density at radius 2 is 1.76 bits per heavy atom. The quantitative estimate of drug-likeness (QED) is 0.273. The molecule has 6 nitrogen and oxygen atoms in total. The summed E-state index contributed by atoms with van der Waals surface area (Å²) in [6, 6.07) is 15.3. The van der Waals surface area contributed by atoms with E-state index in [0.29, 0.717) is 30.2 Å². The molecule has 0 fully saturated rings. The molecule has 1 heterocycles. The standard InChI is InChI=1S/C26H29NO5S/c1-4-30-20-13-11-19(12-14-20)22-17-33-25(24(22)26(29)31-5-2)27-23(28)10-7-15-32-21-9-6-8-18(3)16-21/h6,8-9,11-14,16-17H,4-5,7,10,15H2,1-3H3,(H,27,28). The molecule has 7 heteroatoms. The third-order valence-corrected chi connectivity index (χ3v) is 5.70. The molecule has 33 heavy (non-hydrogen) atoms. The first-order chi connectivity index (χ1) is 16.0. The van der Waals surface area contributed by atoms with Gasteiger partial charge in [-0.3, -0.25) is 4.79 Å². The van der Waals surface area contributed by atoms with Gasteiger partial charge in [-0.15, -0.1) is 11.3 Å².